The Kier molecular flexibility index (Phi) is 4.90. The summed E-state index contributed by atoms with van der Waals surface area (Å²) in [4.78, 5) is 15.0. The second kappa shape index (κ2) is 6.96. The highest BCUT2D eigenvalue weighted by molar-refractivity contribution is 7.13. The molecule has 1 aliphatic heterocycles. The number of rotatable bonds is 3. The highest BCUT2D eigenvalue weighted by atomic mass is 32.1. The van der Waals surface area contributed by atoms with Gasteiger partial charge in [0.2, 0.25) is 0 Å². The molecular weight excluding hydrogens is 336 g/mol. The first kappa shape index (κ1) is 17.6. The van der Waals surface area contributed by atoms with Crippen molar-refractivity contribution in [2.45, 2.75) is 38.9 Å². The largest absolute Gasteiger partial charge is 0.488 e. The van der Waals surface area contributed by atoms with Gasteiger partial charge in [-0.1, -0.05) is 6.07 Å². The molecule has 0 bridgehead atoms. The van der Waals surface area contributed by atoms with Gasteiger partial charge in [0.05, 0.1) is 6.54 Å². The van der Waals surface area contributed by atoms with Gasteiger partial charge in [0.1, 0.15) is 17.5 Å². The van der Waals surface area contributed by atoms with Crippen LogP contribution in [-0.4, -0.2) is 35.8 Å². The Morgan fingerprint density at radius 1 is 1.32 bits per heavy atom. The summed E-state index contributed by atoms with van der Waals surface area (Å²) in [6, 6.07) is 9.84. The first-order valence-electron chi connectivity index (χ1n) is 8.39. The summed E-state index contributed by atoms with van der Waals surface area (Å²) in [5.41, 5.74) is 7.26. The van der Waals surface area contributed by atoms with Crippen molar-refractivity contribution in [3.8, 4) is 16.2 Å². The van der Waals surface area contributed by atoms with E-state index in [0.29, 0.717) is 18.8 Å². The number of nitrogens with zero attached hydrogens (tertiary/aromatic N) is 1. The van der Waals surface area contributed by atoms with Gasteiger partial charge in [-0.05, 0) is 49.9 Å². The van der Waals surface area contributed by atoms with E-state index in [-0.39, 0.29) is 12.2 Å². The van der Waals surface area contributed by atoms with E-state index in [2.05, 4.69) is 6.07 Å². The van der Waals surface area contributed by atoms with Crippen LogP contribution < -0.4 is 10.5 Å². The Morgan fingerprint density at radius 2 is 2.12 bits per heavy atom. The summed E-state index contributed by atoms with van der Waals surface area (Å²) in [6.07, 6.45) is 0.443. The van der Waals surface area contributed by atoms with E-state index >= 15 is 0 Å². The summed E-state index contributed by atoms with van der Waals surface area (Å²) < 4.78 is 11.5. The van der Waals surface area contributed by atoms with E-state index in [1.165, 1.54) is 0 Å². The van der Waals surface area contributed by atoms with Gasteiger partial charge >= 0.3 is 6.09 Å². The molecule has 134 valence electrons. The molecular formula is C19H24N2O3S. The number of carbonyl (C=O) groups is 1. The maximum atomic E-state index is 12.2. The molecule has 1 aliphatic rings. The molecule has 1 amide bonds. The molecule has 0 spiro atoms. The Labute approximate surface area is 152 Å². The van der Waals surface area contributed by atoms with Crippen molar-refractivity contribution in [1.82, 2.24) is 4.90 Å². The van der Waals surface area contributed by atoms with Crippen LogP contribution in [0.3, 0.4) is 0 Å². The van der Waals surface area contributed by atoms with Crippen LogP contribution >= 0.6 is 11.3 Å². The van der Waals surface area contributed by atoms with Gasteiger partial charge in [0.15, 0.2) is 0 Å². The summed E-state index contributed by atoms with van der Waals surface area (Å²) >= 11 is 1.67. The maximum Gasteiger partial charge on any atom is 0.410 e. The number of ether oxygens (including phenoxy) is 2. The summed E-state index contributed by atoms with van der Waals surface area (Å²) in [5, 5.41) is 2.04. The number of thiophene rings is 1. The lowest BCUT2D eigenvalue weighted by Crippen LogP contribution is -2.36. The van der Waals surface area contributed by atoms with Crippen LogP contribution in [0.1, 0.15) is 27.2 Å². The molecule has 6 heteroatoms. The number of hydrogen-bond donors (Lipinski definition) is 1. The van der Waals surface area contributed by atoms with E-state index in [1.54, 1.807) is 16.2 Å². The molecule has 2 aromatic rings. The third-order valence-corrected chi connectivity index (χ3v) is 4.75. The average Bonchev–Trinajstić information content (AvgIpc) is 3.16. The van der Waals surface area contributed by atoms with Gasteiger partial charge < -0.3 is 20.1 Å². The fourth-order valence-electron chi connectivity index (χ4n) is 2.78. The van der Waals surface area contributed by atoms with Crippen molar-refractivity contribution in [3.63, 3.8) is 0 Å². The SMILES string of the molecule is CC(C)(C)OC(=O)N1CCC(Oc2cc(N)cc(-c3cccs3)c2)C1. The fourth-order valence-corrected chi connectivity index (χ4v) is 3.50. The minimum Gasteiger partial charge on any atom is -0.488 e. The number of hydrogen-bond acceptors (Lipinski definition) is 5. The summed E-state index contributed by atoms with van der Waals surface area (Å²) in [6.45, 7) is 6.77. The Hall–Kier alpha value is -2.21. The van der Waals surface area contributed by atoms with Crippen LogP contribution in [0.4, 0.5) is 10.5 Å². The molecule has 2 N–H and O–H groups in total. The second-order valence-electron chi connectivity index (χ2n) is 7.22. The van der Waals surface area contributed by atoms with Gasteiger partial charge in [-0.2, -0.15) is 0 Å². The van der Waals surface area contributed by atoms with E-state index in [1.807, 2.05) is 50.4 Å². The molecule has 0 radical (unpaired) electrons. The molecule has 1 unspecified atom stereocenters. The molecule has 1 aromatic heterocycles. The highest BCUT2D eigenvalue weighted by Crippen LogP contribution is 2.31. The van der Waals surface area contributed by atoms with Crippen molar-refractivity contribution in [3.05, 3.63) is 35.7 Å². The molecule has 25 heavy (non-hydrogen) atoms. The van der Waals surface area contributed by atoms with E-state index in [0.717, 1.165) is 22.6 Å². The number of amides is 1. The quantitative estimate of drug-likeness (QED) is 0.825. The zero-order valence-electron chi connectivity index (χ0n) is 14.8. The number of nitrogen functional groups attached to an aromatic ring is 1. The van der Waals surface area contributed by atoms with Crippen molar-refractivity contribution >= 4 is 23.1 Å². The minimum atomic E-state index is -0.487. The van der Waals surface area contributed by atoms with Crippen molar-refractivity contribution < 1.29 is 14.3 Å². The molecule has 1 fully saturated rings. The predicted molar refractivity (Wildman–Crippen MR) is 101 cm³/mol. The van der Waals surface area contributed by atoms with Gasteiger partial charge in [-0.15, -0.1) is 11.3 Å². The molecule has 0 aliphatic carbocycles. The lowest BCUT2D eigenvalue weighted by atomic mass is 10.1. The van der Waals surface area contributed by atoms with Crippen molar-refractivity contribution in [2.24, 2.45) is 0 Å². The Balaban J connectivity index is 1.65. The third-order valence-electron chi connectivity index (χ3n) is 3.83. The first-order valence-corrected chi connectivity index (χ1v) is 9.27. The van der Waals surface area contributed by atoms with Crippen LogP contribution in [0.15, 0.2) is 35.7 Å². The maximum absolute atomic E-state index is 12.2. The zero-order valence-corrected chi connectivity index (χ0v) is 15.6. The van der Waals surface area contributed by atoms with Crippen LogP contribution in [0.2, 0.25) is 0 Å². The average molecular weight is 360 g/mol. The van der Waals surface area contributed by atoms with E-state index < -0.39 is 5.60 Å². The number of anilines is 1. The second-order valence-corrected chi connectivity index (χ2v) is 8.17. The zero-order chi connectivity index (χ0) is 18.0. The predicted octanol–water partition coefficient (Wildman–Crippen LogP) is 4.39. The smallest absolute Gasteiger partial charge is 0.410 e. The Morgan fingerprint density at radius 3 is 2.80 bits per heavy atom. The number of nitrogens with two attached hydrogens (primary N) is 1. The molecule has 1 atom stereocenters. The lowest BCUT2D eigenvalue weighted by molar-refractivity contribution is 0.0275. The van der Waals surface area contributed by atoms with E-state index in [4.69, 9.17) is 15.2 Å². The monoisotopic (exact) mass is 360 g/mol. The Bertz CT molecular complexity index is 738. The molecule has 1 saturated heterocycles. The lowest BCUT2D eigenvalue weighted by Gasteiger charge is -2.24. The van der Waals surface area contributed by atoms with Gasteiger partial charge in [-0.25, -0.2) is 4.79 Å². The molecule has 2 heterocycles. The summed E-state index contributed by atoms with van der Waals surface area (Å²) in [7, 11) is 0. The van der Waals surface area contributed by atoms with Crippen LogP contribution in [0, 0.1) is 0 Å². The summed E-state index contributed by atoms with van der Waals surface area (Å²) in [5.74, 6) is 0.736. The van der Waals surface area contributed by atoms with Crippen LogP contribution in [0.5, 0.6) is 5.75 Å². The molecule has 0 saturated carbocycles. The fraction of sp³-hybridized carbons (Fsp3) is 0.421. The number of likely N-dealkylation sites (tertiary alicyclic amines) is 1. The number of carbonyl (C=O) groups excluding carboxylic acids is 1. The van der Waals surface area contributed by atoms with Gasteiger partial charge in [0.25, 0.3) is 0 Å². The standard InChI is InChI=1S/C19H24N2O3S/c1-19(2,3)24-18(22)21-7-6-15(12-21)23-16-10-13(9-14(20)11-16)17-5-4-8-25-17/h4-5,8-11,15H,6-7,12,20H2,1-3H3. The van der Waals surface area contributed by atoms with E-state index in [9.17, 15) is 4.79 Å². The van der Waals surface area contributed by atoms with Gasteiger partial charge in [-0.3, -0.25) is 0 Å². The highest BCUT2D eigenvalue weighted by Gasteiger charge is 2.30. The third kappa shape index (κ3) is 4.66. The van der Waals surface area contributed by atoms with Crippen molar-refractivity contribution in [2.75, 3.05) is 18.8 Å². The normalized spacial score (nSPS) is 17.6. The molecule has 3 rings (SSSR count). The minimum absolute atomic E-state index is 0.0505. The molecule has 5 nitrogen and oxygen atoms in total. The molecule has 1 aromatic carbocycles. The number of benzene rings is 1. The van der Waals surface area contributed by atoms with Crippen molar-refractivity contribution in [1.29, 1.82) is 0 Å². The van der Waals surface area contributed by atoms with Crippen LogP contribution in [-0.2, 0) is 4.74 Å². The van der Waals surface area contributed by atoms with Gasteiger partial charge in [0, 0.05) is 29.6 Å². The topological polar surface area (TPSA) is 64.8 Å². The first-order chi connectivity index (χ1) is 11.8. The van der Waals surface area contributed by atoms with Crippen LogP contribution in [0.25, 0.3) is 10.4 Å².